The number of hydrogen-bond donors (Lipinski definition) is 0. The molecule has 3 rings (SSSR count). The molecule has 0 unspecified atom stereocenters. The lowest BCUT2D eigenvalue weighted by Crippen LogP contribution is -2.23. The molecule has 0 N–H and O–H groups in total. The Morgan fingerprint density at radius 1 is 1.04 bits per heavy atom. The number of hydrogen-bond acceptors (Lipinski definition) is 3. The van der Waals surface area contributed by atoms with Gasteiger partial charge in [-0.05, 0) is 30.5 Å². The van der Waals surface area contributed by atoms with Crippen LogP contribution in [-0.2, 0) is 13.0 Å². The van der Waals surface area contributed by atoms with Gasteiger partial charge in [0, 0.05) is 12.3 Å². The molecule has 0 aliphatic rings. The highest BCUT2D eigenvalue weighted by atomic mass is 32.2. The molecule has 0 amide bonds. The summed E-state index contributed by atoms with van der Waals surface area (Å²) in [4.78, 5) is 17.5. The van der Waals surface area contributed by atoms with Gasteiger partial charge in [-0.1, -0.05) is 67.6 Å². The highest BCUT2D eigenvalue weighted by molar-refractivity contribution is 7.99. The lowest BCUT2D eigenvalue weighted by atomic mass is 10.2. The minimum Gasteiger partial charge on any atom is -0.287 e. The number of benzene rings is 2. The molecule has 0 radical (unpaired) electrons. The van der Waals surface area contributed by atoms with Crippen LogP contribution in [0.4, 0.5) is 0 Å². The minimum absolute atomic E-state index is 0.0799. The van der Waals surface area contributed by atoms with Crippen LogP contribution in [-0.4, -0.2) is 15.3 Å². The number of fused-ring (bicyclic) bond motifs is 1. The monoisotopic (exact) mass is 338 g/mol. The molecule has 124 valence electrons. The Morgan fingerprint density at radius 2 is 1.79 bits per heavy atom. The van der Waals surface area contributed by atoms with Crippen molar-refractivity contribution in [2.24, 2.45) is 0 Å². The van der Waals surface area contributed by atoms with Gasteiger partial charge in [0.05, 0.1) is 10.9 Å². The molecule has 3 nitrogen and oxygen atoms in total. The fourth-order valence-corrected chi connectivity index (χ4v) is 3.69. The van der Waals surface area contributed by atoms with E-state index in [1.54, 1.807) is 11.8 Å². The van der Waals surface area contributed by atoms with Crippen molar-refractivity contribution in [3.05, 3.63) is 70.5 Å². The van der Waals surface area contributed by atoms with Gasteiger partial charge in [-0.2, -0.15) is 0 Å². The first kappa shape index (κ1) is 16.8. The van der Waals surface area contributed by atoms with E-state index in [2.05, 4.69) is 31.2 Å². The van der Waals surface area contributed by atoms with Gasteiger partial charge in [0.2, 0.25) is 0 Å². The van der Waals surface area contributed by atoms with Crippen LogP contribution in [0.25, 0.3) is 10.9 Å². The van der Waals surface area contributed by atoms with Crippen LogP contribution in [0.2, 0.25) is 0 Å². The second-order valence-corrected chi connectivity index (χ2v) is 6.87. The number of rotatable bonds is 7. The number of nitrogens with zero attached hydrogens (tertiary/aromatic N) is 2. The molecule has 0 saturated carbocycles. The van der Waals surface area contributed by atoms with E-state index in [-0.39, 0.29) is 5.56 Å². The Hall–Kier alpha value is -2.07. The summed E-state index contributed by atoms with van der Waals surface area (Å²) < 4.78 is 1.85. The van der Waals surface area contributed by atoms with Crippen LogP contribution in [0.15, 0.2) is 64.5 Å². The zero-order valence-corrected chi connectivity index (χ0v) is 14.8. The molecule has 0 bridgehead atoms. The highest BCUT2D eigenvalue weighted by Gasteiger charge is 2.11. The summed E-state index contributed by atoms with van der Waals surface area (Å²) in [7, 11) is 0. The van der Waals surface area contributed by atoms with E-state index in [4.69, 9.17) is 4.98 Å². The Kier molecular flexibility index (Phi) is 5.70. The van der Waals surface area contributed by atoms with E-state index < -0.39 is 0 Å². The van der Waals surface area contributed by atoms with Gasteiger partial charge in [0.1, 0.15) is 0 Å². The fourth-order valence-electron chi connectivity index (χ4n) is 2.68. The number of aryl methyl sites for hydroxylation is 1. The zero-order valence-electron chi connectivity index (χ0n) is 13.9. The van der Waals surface area contributed by atoms with Crippen molar-refractivity contribution < 1.29 is 0 Å². The maximum absolute atomic E-state index is 12.8. The molecule has 4 heteroatoms. The molecule has 0 aliphatic carbocycles. The van der Waals surface area contributed by atoms with Gasteiger partial charge in [-0.15, -0.1) is 0 Å². The van der Waals surface area contributed by atoms with Gasteiger partial charge >= 0.3 is 0 Å². The second-order valence-electron chi connectivity index (χ2n) is 5.81. The van der Waals surface area contributed by atoms with Gasteiger partial charge in [0.25, 0.3) is 5.56 Å². The summed E-state index contributed by atoms with van der Waals surface area (Å²) in [5, 5.41) is 1.55. The highest BCUT2D eigenvalue weighted by Crippen LogP contribution is 2.19. The SMILES string of the molecule is CCCCn1c(SCCc2ccccc2)nc2ccccc2c1=O. The standard InChI is InChI=1S/C20H22N2OS/c1-2-3-14-22-19(23)17-11-7-8-12-18(17)21-20(22)24-15-13-16-9-5-4-6-10-16/h4-12H,2-3,13-15H2,1H3. The van der Waals surface area contributed by atoms with Crippen molar-refractivity contribution in [2.75, 3.05) is 5.75 Å². The van der Waals surface area contributed by atoms with Crippen molar-refractivity contribution in [3.8, 4) is 0 Å². The fraction of sp³-hybridized carbons (Fsp3) is 0.300. The molecular formula is C20H22N2OS. The predicted octanol–water partition coefficient (Wildman–Crippen LogP) is 4.53. The normalized spacial score (nSPS) is 11.0. The largest absolute Gasteiger partial charge is 0.287 e. The quantitative estimate of drug-likeness (QED) is 0.469. The van der Waals surface area contributed by atoms with E-state index >= 15 is 0 Å². The summed E-state index contributed by atoms with van der Waals surface area (Å²) in [5.41, 5.74) is 2.18. The summed E-state index contributed by atoms with van der Waals surface area (Å²) >= 11 is 1.67. The van der Waals surface area contributed by atoms with Crippen LogP contribution < -0.4 is 5.56 Å². The van der Waals surface area contributed by atoms with Crippen molar-refractivity contribution in [3.63, 3.8) is 0 Å². The van der Waals surface area contributed by atoms with Crippen molar-refractivity contribution >= 4 is 22.7 Å². The molecule has 1 heterocycles. The summed E-state index contributed by atoms with van der Waals surface area (Å²) in [6, 6.07) is 18.0. The number of thioether (sulfide) groups is 1. The van der Waals surface area contributed by atoms with E-state index in [9.17, 15) is 4.79 Å². The second kappa shape index (κ2) is 8.15. The molecule has 24 heavy (non-hydrogen) atoms. The summed E-state index contributed by atoms with van der Waals surface area (Å²) in [6.07, 6.45) is 3.03. The molecule has 0 fully saturated rings. The average Bonchev–Trinajstić information content (AvgIpc) is 2.62. The molecule has 0 aliphatic heterocycles. The van der Waals surface area contributed by atoms with Crippen LogP contribution in [0.3, 0.4) is 0 Å². The minimum atomic E-state index is 0.0799. The Bertz CT molecular complexity index is 858. The third-order valence-electron chi connectivity index (χ3n) is 4.03. The third kappa shape index (κ3) is 3.88. The zero-order chi connectivity index (χ0) is 16.8. The molecule has 3 aromatic rings. The van der Waals surface area contributed by atoms with E-state index in [0.717, 1.165) is 42.2 Å². The maximum atomic E-state index is 12.8. The van der Waals surface area contributed by atoms with E-state index in [1.165, 1.54) is 5.56 Å². The smallest absolute Gasteiger partial charge is 0.262 e. The van der Waals surface area contributed by atoms with Crippen molar-refractivity contribution in [2.45, 2.75) is 37.9 Å². The molecule has 2 aromatic carbocycles. The Labute approximate surface area is 146 Å². The maximum Gasteiger partial charge on any atom is 0.262 e. The van der Waals surface area contributed by atoms with Gasteiger partial charge in [0.15, 0.2) is 5.16 Å². The summed E-state index contributed by atoms with van der Waals surface area (Å²) in [5.74, 6) is 0.918. The first-order chi connectivity index (χ1) is 11.8. The lowest BCUT2D eigenvalue weighted by Gasteiger charge is -2.12. The van der Waals surface area contributed by atoms with Crippen LogP contribution >= 0.6 is 11.8 Å². The van der Waals surface area contributed by atoms with Crippen LogP contribution in [0.1, 0.15) is 25.3 Å². The van der Waals surface area contributed by atoms with Gasteiger partial charge < -0.3 is 0 Å². The Morgan fingerprint density at radius 3 is 2.58 bits per heavy atom. The lowest BCUT2D eigenvalue weighted by molar-refractivity contribution is 0.558. The third-order valence-corrected chi connectivity index (χ3v) is 5.00. The molecule has 0 saturated heterocycles. The van der Waals surface area contributed by atoms with E-state index in [1.807, 2.05) is 34.9 Å². The average molecular weight is 338 g/mol. The molecule has 1 aromatic heterocycles. The number of aromatic nitrogens is 2. The first-order valence-corrected chi connectivity index (χ1v) is 9.44. The van der Waals surface area contributed by atoms with Crippen molar-refractivity contribution in [1.29, 1.82) is 0 Å². The van der Waals surface area contributed by atoms with Crippen molar-refractivity contribution in [1.82, 2.24) is 9.55 Å². The summed E-state index contributed by atoms with van der Waals surface area (Å²) in [6.45, 7) is 2.88. The Balaban J connectivity index is 1.85. The van der Waals surface area contributed by atoms with Crippen LogP contribution in [0, 0.1) is 0 Å². The van der Waals surface area contributed by atoms with Gasteiger partial charge in [-0.25, -0.2) is 4.98 Å². The number of unbranched alkanes of at least 4 members (excludes halogenated alkanes) is 1. The predicted molar refractivity (Wildman–Crippen MR) is 102 cm³/mol. The topological polar surface area (TPSA) is 34.9 Å². The molecule has 0 spiro atoms. The number of para-hydroxylation sites is 1. The molecule has 0 atom stereocenters. The van der Waals surface area contributed by atoms with Crippen LogP contribution in [0.5, 0.6) is 0 Å². The first-order valence-electron chi connectivity index (χ1n) is 8.46. The van der Waals surface area contributed by atoms with E-state index in [0.29, 0.717) is 5.39 Å². The molecular weight excluding hydrogens is 316 g/mol. The van der Waals surface area contributed by atoms with Gasteiger partial charge in [-0.3, -0.25) is 9.36 Å².